The van der Waals surface area contributed by atoms with Crippen LogP contribution in [0, 0.1) is 0 Å². The molecule has 3 aromatic rings. The number of nitrogens with zero attached hydrogens (tertiary/aromatic N) is 4. The lowest BCUT2D eigenvalue weighted by molar-refractivity contribution is 0.475. The van der Waals surface area contributed by atoms with E-state index in [1.165, 1.54) is 12.4 Å². The highest BCUT2D eigenvalue weighted by Crippen LogP contribution is 2.34. The third kappa shape index (κ3) is 2.86. The van der Waals surface area contributed by atoms with Crippen LogP contribution in [0.4, 0.5) is 0 Å². The number of halogens is 1. The van der Waals surface area contributed by atoms with E-state index in [2.05, 4.69) is 15.3 Å². The van der Waals surface area contributed by atoms with Crippen LogP contribution in [0.25, 0.3) is 22.5 Å². The number of nitrogens with one attached hydrogen (secondary N) is 1. The highest BCUT2D eigenvalue weighted by molar-refractivity contribution is 6.31. The van der Waals surface area contributed by atoms with E-state index >= 15 is 0 Å². The highest BCUT2D eigenvalue weighted by atomic mass is 35.5. The van der Waals surface area contributed by atoms with Crippen molar-refractivity contribution in [2.75, 3.05) is 13.1 Å². The Balaban J connectivity index is 1.87. The molecule has 1 fully saturated rings. The number of aromatic nitrogens is 4. The predicted octanol–water partition coefficient (Wildman–Crippen LogP) is 2.90. The van der Waals surface area contributed by atoms with E-state index < -0.39 is 0 Å². The van der Waals surface area contributed by atoms with Gasteiger partial charge in [0.1, 0.15) is 17.8 Å². The minimum atomic E-state index is 0.114. The zero-order valence-corrected chi connectivity index (χ0v) is 13.6. The second-order valence-corrected chi connectivity index (χ2v) is 6.25. The molecule has 0 amide bonds. The van der Waals surface area contributed by atoms with E-state index in [9.17, 15) is 5.11 Å². The van der Waals surface area contributed by atoms with Crippen molar-refractivity contribution < 1.29 is 5.11 Å². The standard InChI is InChI=1S/C17H16ClN5O/c18-12-5-11(6-14(24)7-12)17-15(16-2-4-20-10-21-16)9-23(22-17)13-1-3-19-8-13/h2,4-7,9-10,13,19,24H,1,3,8H2/t13-/m1/s1. The molecule has 1 aliphatic heterocycles. The average molecular weight is 342 g/mol. The second-order valence-electron chi connectivity index (χ2n) is 5.81. The summed E-state index contributed by atoms with van der Waals surface area (Å²) in [6.45, 7) is 1.88. The molecule has 1 atom stereocenters. The first-order valence-corrected chi connectivity index (χ1v) is 8.15. The van der Waals surface area contributed by atoms with Crippen molar-refractivity contribution in [3.8, 4) is 28.3 Å². The van der Waals surface area contributed by atoms with Crippen LogP contribution in [0.2, 0.25) is 5.02 Å². The first-order valence-electron chi connectivity index (χ1n) is 7.77. The highest BCUT2D eigenvalue weighted by Gasteiger charge is 2.22. The lowest BCUT2D eigenvalue weighted by Crippen LogP contribution is -2.13. The smallest absolute Gasteiger partial charge is 0.117 e. The summed E-state index contributed by atoms with van der Waals surface area (Å²) in [6, 6.07) is 7.13. The molecule has 6 nitrogen and oxygen atoms in total. The third-order valence-corrected chi connectivity index (χ3v) is 4.37. The topological polar surface area (TPSA) is 75.9 Å². The number of hydrogen-bond donors (Lipinski definition) is 2. The fraction of sp³-hybridized carbons (Fsp3) is 0.235. The lowest BCUT2D eigenvalue weighted by atomic mass is 10.1. The SMILES string of the molecule is Oc1cc(Cl)cc(-c2nn([C@@H]3CCNC3)cc2-c2ccncn2)c1. The van der Waals surface area contributed by atoms with Gasteiger partial charge in [-0.05, 0) is 37.2 Å². The number of phenols is 1. The molecular formula is C17H16ClN5O. The van der Waals surface area contributed by atoms with Crippen molar-refractivity contribution in [1.82, 2.24) is 25.1 Å². The molecule has 0 unspecified atom stereocenters. The van der Waals surface area contributed by atoms with Crippen LogP contribution in [-0.2, 0) is 0 Å². The maximum Gasteiger partial charge on any atom is 0.117 e. The maximum absolute atomic E-state index is 9.88. The van der Waals surface area contributed by atoms with Crippen LogP contribution in [0.15, 0.2) is 43.0 Å². The molecular weight excluding hydrogens is 326 g/mol. The summed E-state index contributed by atoms with van der Waals surface area (Å²) in [6.07, 6.45) is 6.26. The Labute approximate surface area is 144 Å². The largest absolute Gasteiger partial charge is 0.508 e. The Bertz CT molecular complexity index is 838. The van der Waals surface area contributed by atoms with E-state index in [0.717, 1.165) is 42.0 Å². The molecule has 3 heterocycles. The molecule has 1 saturated heterocycles. The molecule has 0 bridgehead atoms. The van der Waals surface area contributed by atoms with Gasteiger partial charge in [-0.2, -0.15) is 5.10 Å². The van der Waals surface area contributed by atoms with Gasteiger partial charge in [0, 0.05) is 35.1 Å². The van der Waals surface area contributed by atoms with E-state index in [1.54, 1.807) is 18.3 Å². The van der Waals surface area contributed by atoms with Gasteiger partial charge in [-0.25, -0.2) is 9.97 Å². The summed E-state index contributed by atoms with van der Waals surface area (Å²) >= 11 is 6.10. The van der Waals surface area contributed by atoms with Gasteiger partial charge in [0.05, 0.1) is 11.7 Å². The zero-order chi connectivity index (χ0) is 16.5. The van der Waals surface area contributed by atoms with E-state index in [1.807, 2.05) is 16.9 Å². The van der Waals surface area contributed by atoms with Gasteiger partial charge >= 0.3 is 0 Å². The fourth-order valence-electron chi connectivity index (χ4n) is 3.01. The third-order valence-electron chi connectivity index (χ3n) is 4.15. The number of hydrogen-bond acceptors (Lipinski definition) is 5. The van der Waals surface area contributed by atoms with Crippen molar-refractivity contribution in [3.05, 3.63) is 48.0 Å². The summed E-state index contributed by atoms with van der Waals surface area (Å²) in [7, 11) is 0. The number of rotatable bonds is 3. The van der Waals surface area contributed by atoms with Crippen LogP contribution in [0.1, 0.15) is 12.5 Å². The Morgan fingerprint density at radius 2 is 2.21 bits per heavy atom. The molecule has 2 N–H and O–H groups in total. The van der Waals surface area contributed by atoms with Crippen LogP contribution in [0.3, 0.4) is 0 Å². The molecule has 1 aliphatic rings. The molecule has 122 valence electrons. The summed E-state index contributed by atoms with van der Waals surface area (Å²) in [5.41, 5.74) is 3.19. The Kier molecular flexibility index (Phi) is 3.92. The summed E-state index contributed by atoms with van der Waals surface area (Å²) < 4.78 is 1.98. The van der Waals surface area contributed by atoms with Crippen molar-refractivity contribution in [1.29, 1.82) is 0 Å². The minimum absolute atomic E-state index is 0.114. The molecule has 24 heavy (non-hydrogen) atoms. The quantitative estimate of drug-likeness (QED) is 0.766. The monoisotopic (exact) mass is 341 g/mol. The molecule has 0 aliphatic carbocycles. The number of aromatic hydroxyl groups is 1. The summed E-state index contributed by atoms with van der Waals surface area (Å²) in [5, 5.41) is 18.5. The van der Waals surface area contributed by atoms with Crippen LogP contribution >= 0.6 is 11.6 Å². The van der Waals surface area contributed by atoms with Gasteiger partial charge in [0.25, 0.3) is 0 Å². The van der Waals surface area contributed by atoms with Gasteiger partial charge in [-0.3, -0.25) is 4.68 Å². The Hall–Kier alpha value is -2.44. The molecule has 0 spiro atoms. The molecule has 0 radical (unpaired) electrons. The normalized spacial score (nSPS) is 17.3. The fourth-order valence-corrected chi connectivity index (χ4v) is 3.23. The van der Waals surface area contributed by atoms with Crippen molar-refractivity contribution in [2.45, 2.75) is 12.5 Å². The van der Waals surface area contributed by atoms with Crippen LogP contribution in [-0.4, -0.2) is 37.9 Å². The minimum Gasteiger partial charge on any atom is -0.508 e. The van der Waals surface area contributed by atoms with Crippen molar-refractivity contribution in [2.24, 2.45) is 0 Å². The first kappa shape index (κ1) is 15.1. The van der Waals surface area contributed by atoms with Gasteiger partial charge < -0.3 is 10.4 Å². The molecule has 2 aromatic heterocycles. The second kappa shape index (κ2) is 6.22. The average Bonchev–Trinajstić information content (AvgIpc) is 3.24. The van der Waals surface area contributed by atoms with E-state index in [-0.39, 0.29) is 5.75 Å². The molecule has 4 rings (SSSR count). The number of phenolic OH excluding ortho intramolecular Hbond substituents is 1. The van der Waals surface area contributed by atoms with Crippen LogP contribution in [0.5, 0.6) is 5.75 Å². The Morgan fingerprint density at radius 1 is 1.29 bits per heavy atom. The van der Waals surface area contributed by atoms with Gasteiger partial charge in [-0.15, -0.1) is 0 Å². The molecule has 1 aromatic carbocycles. The maximum atomic E-state index is 9.88. The summed E-state index contributed by atoms with van der Waals surface area (Å²) in [5.74, 6) is 0.114. The Morgan fingerprint density at radius 3 is 2.92 bits per heavy atom. The zero-order valence-electron chi connectivity index (χ0n) is 12.9. The van der Waals surface area contributed by atoms with E-state index in [0.29, 0.717) is 11.1 Å². The van der Waals surface area contributed by atoms with Gasteiger partial charge in [0.2, 0.25) is 0 Å². The molecule has 7 heteroatoms. The number of benzene rings is 1. The molecule has 0 saturated carbocycles. The van der Waals surface area contributed by atoms with Crippen molar-refractivity contribution in [3.63, 3.8) is 0 Å². The van der Waals surface area contributed by atoms with Crippen molar-refractivity contribution >= 4 is 11.6 Å². The predicted molar refractivity (Wildman–Crippen MR) is 91.9 cm³/mol. The van der Waals surface area contributed by atoms with Gasteiger partial charge in [-0.1, -0.05) is 11.6 Å². The first-order chi connectivity index (χ1) is 11.7. The summed E-state index contributed by atoms with van der Waals surface area (Å²) in [4.78, 5) is 8.32. The lowest BCUT2D eigenvalue weighted by Gasteiger charge is -2.08. The van der Waals surface area contributed by atoms with Crippen LogP contribution < -0.4 is 5.32 Å². The van der Waals surface area contributed by atoms with Gasteiger partial charge in [0.15, 0.2) is 0 Å². The van der Waals surface area contributed by atoms with E-state index in [4.69, 9.17) is 16.7 Å².